The van der Waals surface area contributed by atoms with Crippen molar-refractivity contribution in [1.82, 2.24) is 0 Å². The van der Waals surface area contributed by atoms with Crippen molar-refractivity contribution in [3.05, 3.63) is 60.2 Å². The Morgan fingerprint density at radius 2 is 1.70 bits per heavy atom. The van der Waals surface area contributed by atoms with E-state index in [1.54, 1.807) is 12.1 Å². The van der Waals surface area contributed by atoms with Crippen molar-refractivity contribution in [3.8, 4) is 5.75 Å². The quantitative estimate of drug-likeness (QED) is 0.521. The molecule has 0 aliphatic carbocycles. The van der Waals surface area contributed by atoms with Gasteiger partial charge in [0, 0.05) is 17.7 Å². The standard InChI is InChI=1S/C20H22N2O5/c1-14(20(25)22-16-11-9-15(10-12-16)19(21)24)27-18(23)8-5-13-26-17-6-3-2-4-7-17/h2-4,6-7,9-12,14H,5,8,13H2,1H3,(H2,21,24)(H,22,25)/t14-/m0/s1. The summed E-state index contributed by atoms with van der Waals surface area (Å²) in [6.07, 6.45) is -0.308. The fourth-order valence-corrected chi connectivity index (χ4v) is 2.19. The highest BCUT2D eigenvalue weighted by molar-refractivity contribution is 5.96. The number of nitrogens with two attached hydrogens (primary N) is 1. The van der Waals surface area contributed by atoms with Crippen LogP contribution in [0.3, 0.4) is 0 Å². The highest BCUT2D eigenvalue weighted by atomic mass is 16.5. The van der Waals surface area contributed by atoms with E-state index < -0.39 is 23.9 Å². The van der Waals surface area contributed by atoms with Crippen molar-refractivity contribution in [2.45, 2.75) is 25.9 Å². The Morgan fingerprint density at radius 3 is 2.33 bits per heavy atom. The van der Waals surface area contributed by atoms with Crippen molar-refractivity contribution in [1.29, 1.82) is 0 Å². The van der Waals surface area contributed by atoms with Crippen LogP contribution in [0.2, 0.25) is 0 Å². The monoisotopic (exact) mass is 370 g/mol. The number of anilines is 1. The van der Waals surface area contributed by atoms with E-state index in [2.05, 4.69) is 5.32 Å². The molecule has 0 radical (unpaired) electrons. The highest BCUT2D eigenvalue weighted by Crippen LogP contribution is 2.11. The van der Waals surface area contributed by atoms with Gasteiger partial charge in [0.25, 0.3) is 5.91 Å². The fourth-order valence-electron chi connectivity index (χ4n) is 2.19. The average molecular weight is 370 g/mol. The smallest absolute Gasteiger partial charge is 0.306 e. The summed E-state index contributed by atoms with van der Waals surface area (Å²) in [7, 11) is 0. The van der Waals surface area contributed by atoms with E-state index in [0.29, 0.717) is 24.3 Å². The fraction of sp³-hybridized carbons (Fsp3) is 0.250. The van der Waals surface area contributed by atoms with E-state index in [4.69, 9.17) is 15.2 Å². The molecule has 0 unspecified atom stereocenters. The topological polar surface area (TPSA) is 108 Å². The van der Waals surface area contributed by atoms with Gasteiger partial charge in [-0.25, -0.2) is 0 Å². The zero-order chi connectivity index (χ0) is 19.6. The normalized spacial score (nSPS) is 11.3. The first-order chi connectivity index (χ1) is 13.0. The van der Waals surface area contributed by atoms with Gasteiger partial charge in [0.05, 0.1) is 6.61 Å². The molecule has 0 fully saturated rings. The lowest BCUT2D eigenvalue weighted by atomic mass is 10.2. The highest BCUT2D eigenvalue weighted by Gasteiger charge is 2.17. The van der Waals surface area contributed by atoms with Crippen molar-refractivity contribution in [2.24, 2.45) is 5.73 Å². The Balaban J connectivity index is 1.69. The molecule has 142 valence electrons. The zero-order valence-electron chi connectivity index (χ0n) is 15.0. The van der Waals surface area contributed by atoms with Crippen LogP contribution in [-0.2, 0) is 14.3 Å². The summed E-state index contributed by atoms with van der Waals surface area (Å²) in [6, 6.07) is 15.4. The second-order valence-corrected chi connectivity index (χ2v) is 5.83. The Bertz CT molecular complexity index is 775. The first-order valence-electron chi connectivity index (χ1n) is 8.54. The van der Waals surface area contributed by atoms with Gasteiger partial charge in [-0.3, -0.25) is 14.4 Å². The van der Waals surface area contributed by atoms with Crippen LogP contribution < -0.4 is 15.8 Å². The first-order valence-corrected chi connectivity index (χ1v) is 8.54. The summed E-state index contributed by atoms with van der Waals surface area (Å²) in [4.78, 5) is 34.9. The molecule has 0 heterocycles. The van der Waals surface area contributed by atoms with E-state index in [-0.39, 0.29) is 6.42 Å². The number of hydrogen-bond donors (Lipinski definition) is 2. The number of primary amides is 1. The number of esters is 1. The van der Waals surface area contributed by atoms with Crippen LogP contribution in [-0.4, -0.2) is 30.5 Å². The van der Waals surface area contributed by atoms with Gasteiger partial charge >= 0.3 is 5.97 Å². The van der Waals surface area contributed by atoms with Crippen molar-refractivity contribution < 1.29 is 23.9 Å². The molecule has 7 heteroatoms. The third-order valence-corrected chi connectivity index (χ3v) is 3.65. The maximum Gasteiger partial charge on any atom is 0.306 e. The SMILES string of the molecule is C[C@H](OC(=O)CCCOc1ccccc1)C(=O)Nc1ccc(C(N)=O)cc1. The van der Waals surface area contributed by atoms with Gasteiger partial charge in [-0.15, -0.1) is 0 Å². The molecule has 2 aromatic rings. The predicted octanol–water partition coefficient (Wildman–Crippen LogP) is 2.51. The second-order valence-electron chi connectivity index (χ2n) is 5.83. The van der Waals surface area contributed by atoms with Gasteiger partial charge in [0.2, 0.25) is 5.91 Å². The third-order valence-electron chi connectivity index (χ3n) is 3.65. The largest absolute Gasteiger partial charge is 0.494 e. The molecule has 0 saturated carbocycles. The lowest BCUT2D eigenvalue weighted by Crippen LogP contribution is -2.30. The number of hydrogen-bond acceptors (Lipinski definition) is 5. The summed E-state index contributed by atoms with van der Waals surface area (Å²) < 4.78 is 10.6. The van der Waals surface area contributed by atoms with Gasteiger partial charge in [0.15, 0.2) is 6.10 Å². The average Bonchev–Trinajstić information content (AvgIpc) is 2.66. The van der Waals surface area contributed by atoms with Crippen LogP contribution in [0.4, 0.5) is 5.69 Å². The number of amides is 2. The zero-order valence-corrected chi connectivity index (χ0v) is 15.0. The van der Waals surface area contributed by atoms with E-state index in [1.165, 1.54) is 19.1 Å². The Morgan fingerprint density at radius 1 is 1.04 bits per heavy atom. The summed E-state index contributed by atoms with van der Waals surface area (Å²) in [5, 5.41) is 2.61. The van der Waals surface area contributed by atoms with E-state index >= 15 is 0 Å². The number of rotatable bonds is 9. The molecule has 7 nitrogen and oxygen atoms in total. The van der Waals surface area contributed by atoms with Gasteiger partial charge < -0.3 is 20.5 Å². The van der Waals surface area contributed by atoms with E-state index in [9.17, 15) is 14.4 Å². The summed E-state index contributed by atoms with van der Waals surface area (Å²) >= 11 is 0. The molecule has 0 saturated heterocycles. The molecule has 2 amide bonds. The number of benzene rings is 2. The van der Waals surface area contributed by atoms with Crippen LogP contribution in [0.15, 0.2) is 54.6 Å². The van der Waals surface area contributed by atoms with Gasteiger partial charge in [0.1, 0.15) is 5.75 Å². The molecule has 0 bridgehead atoms. The van der Waals surface area contributed by atoms with Crippen LogP contribution >= 0.6 is 0 Å². The molecule has 0 spiro atoms. The van der Waals surface area contributed by atoms with Crippen molar-refractivity contribution in [3.63, 3.8) is 0 Å². The molecule has 0 aliphatic heterocycles. The van der Waals surface area contributed by atoms with Crippen LogP contribution in [0.25, 0.3) is 0 Å². The molecule has 1 atom stereocenters. The number of para-hydroxylation sites is 1. The minimum atomic E-state index is -0.941. The van der Waals surface area contributed by atoms with E-state index in [1.807, 2.05) is 30.3 Å². The maximum atomic E-state index is 12.1. The lowest BCUT2D eigenvalue weighted by Gasteiger charge is -2.14. The van der Waals surface area contributed by atoms with Gasteiger partial charge in [-0.2, -0.15) is 0 Å². The Hall–Kier alpha value is -3.35. The molecule has 0 aromatic heterocycles. The van der Waals surface area contributed by atoms with Gasteiger partial charge in [-0.1, -0.05) is 18.2 Å². The Kier molecular flexibility index (Phi) is 7.37. The number of carbonyl (C=O) groups is 3. The van der Waals surface area contributed by atoms with Gasteiger partial charge in [-0.05, 0) is 49.7 Å². The van der Waals surface area contributed by atoms with Crippen LogP contribution in [0.1, 0.15) is 30.1 Å². The molecule has 3 N–H and O–H groups in total. The minimum absolute atomic E-state index is 0.151. The molecular formula is C20H22N2O5. The van der Waals surface area contributed by atoms with Crippen molar-refractivity contribution >= 4 is 23.5 Å². The maximum absolute atomic E-state index is 12.1. The minimum Gasteiger partial charge on any atom is -0.494 e. The second kappa shape index (κ2) is 9.96. The number of ether oxygens (including phenoxy) is 2. The molecule has 0 aliphatic rings. The molecule has 2 rings (SSSR count). The predicted molar refractivity (Wildman–Crippen MR) is 100 cm³/mol. The summed E-state index contributed by atoms with van der Waals surface area (Å²) in [5.41, 5.74) is 5.97. The van der Waals surface area contributed by atoms with Crippen LogP contribution in [0, 0.1) is 0 Å². The first kappa shape index (κ1) is 20.0. The third kappa shape index (κ3) is 6.81. The molecule has 27 heavy (non-hydrogen) atoms. The number of nitrogens with one attached hydrogen (secondary N) is 1. The van der Waals surface area contributed by atoms with E-state index in [0.717, 1.165) is 5.75 Å². The molecule has 2 aromatic carbocycles. The summed E-state index contributed by atoms with van der Waals surface area (Å²) in [5.74, 6) is -0.749. The lowest BCUT2D eigenvalue weighted by molar-refractivity contribution is -0.153. The Labute approximate surface area is 157 Å². The summed E-state index contributed by atoms with van der Waals surface area (Å²) in [6.45, 7) is 1.87. The number of carbonyl (C=O) groups excluding carboxylic acids is 3. The van der Waals surface area contributed by atoms with Crippen LogP contribution in [0.5, 0.6) is 5.75 Å². The molecular weight excluding hydrogens is 348 g/mol. The van der Waals surface area contributed by atoms with Crippen molar-refractivity contribution in [2.75, 3.05) is 11.9 Å².